The van der Waals surface area contributed by atoms with Crippen LogP contribution in [0.4, 0.5) is 0 Å². The highest BCUT2D eigenvalue weighted by Gasteiger charge is 2.28. The van der Waals surface area contributed by atoms with Gasteiger partial charge in [-0.1, -0.05) is 48.5 Å². The van der Waals surface area contributed by atoms with Gasteiger partial charge in [-0.05, 0) is 56.1 Å². The molecule has 3 aromatic carbocycles. The van der Waals surface area contributed by atoms with Crippen molar-refractivity contribution in [2.45, 2.75) is 0 Å². The van der Waals surface area contributed by atoms with E-state index >= 15 is 0 Å². The molecule has 0 amide bonds. The predicted octanol–water partition coefficient (Wildman–Crippen LogP) is 6.00. The topological polar surface area (TPSA) is 72.8 Å². The maximum Gasteiger partial charge on any atom is 0.584 e. The molecule has 0 bridgehead atoms. The van der Waals surface area contributed by atoms with Gasteiger partial charge in [-0.2, -0.15) is 0 Å². The van der Waals surface area contributed by atoms with E-state index in [1.54, 1.807) is 42.5 Å². The maximum absolute atomic E-state index is 12.6. The second-order valence-corrected chi connectivity index (χ2v) is 8.44. The SMILES string of the molecule is O=C(c1ccccc1)c1cc(Br)c(OP(=O)(O)Oc2ccccc2)c(Br)c1. The van der Waals surface area contributed by atoms with Crippen molar-refractivity contribution >= 4 is 45.5 Å². The van der Waals surface area contributed by atoms with Crippen LogP contribution in [0.1, 0.15) is 15.9 Å². The highest BCUT2D eigenvalue weighted by atomic mass is 79.9. The Balaban J connectivity index is 1.85. The van der Waals surface area contributed by atoms with Crippen LogP contribution in [0.15, 0.2) is 81.7 Å². The van der Waals surface area contributed by atoms with Crippen molar-refractivity contribution in [2.24, 2.45) is 0 Å². The quantitative estimate of drug-likeness (QED) is 0.324. The maximum atomic E-state index is 12.6. The Morgan fingerprint density at radius 3 is 1.89 bits per heavy atom. The molecule has 3 rings (SSSR count). The number of phosphoric ester groups is 1. The smallest absolute Gasteiger partial charge is 0.395 e. The van der Waals surface area contributed by atoms with Crippen LogP contribution in [0.5, 0.6) is 11.5 Å². The Labute approximate surface area is 172 Å². The second kappa shape index (κ2) is 8.40. The van der Waals surface area contributed by atoms with Crippen LogP contribution < -0.4 is 9.05 Å². The zero-order chi connectivity index (χ0) is 19.4. The summed E-state index contributed by atoms with van der Waals surface area (Å²) >= 11 is 6.56. The van der Waals surface area contributed by atoms with E-state index in [9.17, 15) is 14.3 Å². The zero-order valence-corrected chi connectivity index (χ0v) is 17.8. The first-order valence-corrected chi connectivity index (χ1v) is 10.8. The minimum absolute atomic E-state index is 0.0568. The summed E-state index contributed by atoms with van der Waals surface area (Å²) in [5.74, 6) is 0.0732. The summed E-state index contributed by atoms with van der Waals surface area (Å²) in [6.45, 7) is 0. The molecule has 8 heteroatoms. The average Bonchev–Trinajstić information content (AvgIpc) is 2.65. The Kier molecular flexibility index (Phi) is 6.17. The van der Waals surface area contributed by atoms with E-state index in [4.69, 9.17) is 9.05 Å². The molecule has 27 heavy (non-hydrogen) atoms. The third-order valence-corrected chi connectivity index (χ3v) is 5.50. The molecule has 0 heterocycles. The summed E-state index contributed by atoms with van der Waals surface area (Å²) in [6, 6.07) is 20.0. The number of carbonyl (C=O) groups is 1. The van der Waals surface area contributed by atoms with Crippen molar-refractivity contribution in [3.8, 4) is 11.5 Å². The van der Waals surface area contributed by atoms with Gasteiger partial charge in [-0.15, -0.1) is 0 Å². The van der Waals surface area contributed by atoms with Gasteiger partial charge in [0.05, 0.1) is 8.95 Å². The van der Waals surface area contributed by atoms with Gasteiger partial charge in [-0.25, -0.2) is 4.57 Å². The lowest BCUT2D eigenvalue weighted by atomic mass is 10.0. The molecular formula is C19H13Br2O5P. The first kappa shape index (κ1) is 19.8. The number of hydrogen-bond donors (Lipinski definition) is 1. The van der Waals surface area contributed by atoms with Gasteiger partial charge in [0.1, 0.15) is 5.75 Å². The normalized spacial score (nSPS) is 12.9. The van der Waals surface area contributed by atoms with Gasteiger partial charge >= 0.3 is 7.82 Å². The van der Waals surface area contributed by atoms with Crippen LogP contribution in [-0.4, -0.2) is 10.7 Å². The van der Waals surface area contributed by atoms with Crippen LogP contribution in [0.25, 0.3) is 0 Å². The van der Waals surface area contributed by atoms with Gasteiger partial charge in [-0.3, -0.25) is 9.69 Å². The van der Waals surface area contributed by atoms with Gasteiger partial charge < -0.3 is 9.05 Å². The molecule has 0 aromatic heterocycles. The molecule has 1 atom stereocenters. The molecule has 3 aromatic rings. The first-order chi connectivity index (χ1) is 12.9. The van der Waals surface area contributed by atoms with E-state index in [1.165, 1.54) is 24.3 Å². The molecule has 0 aliphatic rings. The van der Waals surface area contributed by atoms with Gasteiger partial charge in [0, 0.05) is 11.1 Å². The number of hydrogen-bond acceptors (Lipinski definition) is 4. The third-order valence-electron chi connectivity index (χ3n) is 3.47. The minimum Gasteiger partial charge on any atom is -0.395 e. The predicted molar refractivity (Wildman–Crippen MR) is 109 cm³/mol. The van der Waals surface area contributed by atoms with E-state index in [1.807, 2.05) is 6.07 Å². The molecule has 0 aliphatic heterocycles. The highest BCUT2D eigenvalue weighted by molar-refractivity contribution is 9.11. The van der Waals surface area contributed by atoms with E-state index in [0.717, 1.165) is 0 Å². The molecule has 0 saturated heterocycles. The van der Waals surface area contributed by atoms with E-state index in [2.05, 4.69) is 31.9 Å². The second-order valence-electron chi connectivity index (χ2n) is 5.43. The fraction of sp³-hybridized carbons (Fsp3) is 0. The molecule has 0 saturated carbocycles. The fourth-order valence-electron chi connectivity index (χ4n) is 2.28. The lowest BCUT2D eigenvalue weighted by Crippen LogP contribution is -2.04. The summed E-state index contributed by atoms with van der Waals surface area (Å²) in [4.78, 5) is 22.6. The zero-order valence-electron chi connectivity index (χ0n) is 13.7. The van der Waals surface area contributed by atoms with Crippen LogP contribution >= 0.6 is 39.7 Å². The molecule has 138 valence electrons. The standard InChI is InChI=1S/C19H13Br2O5P/c20-16-11-14(18(22)13-7-3-1-4-8-13)12-17(21)19(16)26-27(23,24)25-15-9-5-2-6-10-15/h1-12H,(H,23,24). The lowest BCUT2D eigenvalue weighted by Gasteiger charge is -2.16. The summed E-state index contributed by atoms with van der Waals surface area (Å²) < 4.78 is 23.2. The van der Waals surface area contributed by atoms with Crippen molar-refractivity contribution in [2.75, 3.05) is 0 Å². The van der Waals surface area contributed by atoms with Crippen molar-refractivity contribution in [1.29, 1.82) is 0 Å². The molecule has 0 aliphatic carbocycles. The van der Waals surface area contributed by atoms with Gasteiger partial charge in [0.2, 0.25) is 0 Å². The Bertz CT molecular complexity index is 986. The Morgan fingerprint density at radius 2 is 1.33 bits per heavy atom. The Morgan fingerprint density at radius 1 is 0.815 bits per heavy atom. The third kappa shape index (κ3) is 5.08. The van der Waals surface area contributed by atoms with Crippen LogP contribution in [0, 0.1) is 0 Å². The first-order valence-electron chi connectivity index (χ1n) is 7.71. The minimum atomic E-state index is -4.43. The summed E-state index contributed by atoms with van der Waals surface area (Å²) in [5, 5.41) is 0. The van der Waals surface area contributed by atoms with Crippen LogP contribution in [0.2, 0.25) is 0 Å². The molecular weight excluding hydrogens is 499 g/mol. The largest absolute Gasteiger partial charge is 0.584 e. The number of para-hydroxylation sites is 1. The monoisotopic (exact) mass is 510 g/mol. The Hall–Kier alpha value is -1.92. The number of halogens is 2. The van der Waals surface area contributed by atoms with Crippen molar-refractivity contribution in [1.82, 2.24) is 0 Å². The molecule has 1 unspecified atom stereocenters. The summed E-state index contributed by atoms with van der Waals surface area (Å²) in [6.07, 6.45) is 0. The van der Waals surface area contributed by atoms with E-state index in [0.29, 0.717) is 20.1 Å². The number of carbonyl (C=O) groups excluding carboxylic acids is 1. The molecule has 1 N–H and O–H groups in total. The van der Waals surface area contributed by atoms with Crippen LogP contribution in [-0.2, 0) is 4.57 Å². The molecule has 0 spiro atoms. The van der Waals surface area contributed by atoms with Gasteiger partial charge in [0.15, 0.2) is 11.5 Å². The fourth-order valence-corrected chi connectivity index (χ4v) is 4.73. The summed E-state index contributed by atoms with van der Waals surface area (Å²) in [7, 11) is -4.43. The van der Waals surface area contributed by atoms with E-state index < -0.39 is 7.82 Å². The number of rotatable bonds is 6. The molecule has 5 nitrogen and oxygen atoms in total. The highest BCUT2D eigenvalue weighted by Crippen LogP contribution is 2.49. The number of benzene rings is 3. The van der Waals surface area contributed by atoms with Crippen molar-refractivity contribution in [3.63, 3.8) is 0 Å². The lowest BCUT2D eigenvalue weighted by molar-refractivity contribution is 0.103. The van der Waals surface area contributed by atoms with E-state index in [-0.39, 0.29) is 17.3 Å². The molecule has 0 fully saturated rings. The number of phosphoric acid groups is 1. The van der Waals surface area contributed by atoms with Crippen molar-refractivity contribution in [3.05, 3.63) is 92.9 Å². The van der Waals surface area contributed by atoms with Crippen molar-refractivity contribution < 1.29 is 23.3 Å². The average molecular weight is 512 g/mol. The summed E-state index contributed by atoms with van der Waals surface area (Å²) in [5.41, 5.74) is 0.925. The van der Waals surface area contributed by atoms with Crippen LogP contribution in [0.3, 0.4) is 0 Å². The number of ketones is 1. The van der Waals surface area contributed by atoms with Gasteiger partial charge in [0.25, 0.3) is 0 Å². The molecule has 0 radical (unpaired) electrons.